The SMILES string of the molecule is Cn1cnnc1CNCC(O)C(N)=O. The Morgan fingerprint density at radius 1 is 1.86 bits per heavy atom. The standard InChI is InChI=1S/C7H13N5O2/c1-12-4-10-11-6(12)3-9-2-5(13)7(8)14/h4-5,9,13H,2-3H2,1H3,(H2,8,14). The molecule has 14 heavy (non-hydrogen) atoms. The third-order valence-corrected chi connectivity index (χ3v) is 1.75. The number of primary amides is 1. The van der Waals surface area contributed by atoms with Crippen LogP contribution in [-0.2, 0) is 18.4 Å². The molecule has 0 bridgehead atoms. The van der Waals surface area contributed by atoms with E-state index in [2.05, 4.69) is 15.5 Å². The number of carbonyl (C=O) groups is 1. The summed E-state index contributed by atoms with van der Waals surface area (Å²) in [5.41, 5.74) is 4.86. The minimum Gasteiger partial charge on any atom is -0.382 e. The summed E-state index contributed by atoms with van der Waals surface area (Å²) in [5, 5.41) is 19.4. The molecule has 0 saturated carbocycles. The van der Waals surface area contributed by atoms with Crippen molar-refractivity contribution >= 4 is 5.91 Å². The first-order valence-electron chi connectivity index (χ1n) is 4.12. The smallest absolute Gasteiger partial charge is 0.247 e. The summed E-state index contributed by atoms with van der Waals surface area (Å²) in [6.07, 6.45) is 0.407. The van der Waals surface area contributed by atoms with E-state index in [-0.39, 0.29) is 6.54 Å². The van der Waals surface area contributed by atoms with E-state index in [9.17, 15) is 4.79 Å². The van der Waals surface area contributed by atoms with E-state index in [4.69, 9.17) is 10.8 Å². The van der Waals surface area contributed by atoms with Gasteiger partial charge in [0.05, 0.1) is 6.54 Å². The van der Waals surface area contributed by atoms with Crippen LogP contribution < -0.4 is 11.1 Å². The summed E-state index contributed by atoms with van der Waals surface area (Å²) >= 11 is 0. The number of hydrogen-bond donors (Lipinski definition) is 3. The molecule has 0 aliphatic rings. The molecule has 78 valence electrons. The number of aliphatic hydroxyl groups excluding tert-OH is 1. The molecule has 0 spiro atoms. The van der Waals surface area contributed by atoms with Crippen LogP contribution in [0.4, 0.5) is 0 Å². The highest BCUT2D eigenvalue weighted by Crippen LogP contribution is 1.89. The second kappa shape index (κ2) is 4.68. The van der Waals surface area contributed by atoms with Crippen LogP contribution in [0.15, 0.2) is 6.33 Å². The van der Waals surface area contributed by atoms with Crippen LogP contribution in [0.5, 0.6) is 0 Å². The third-order valence-electron chi connectivity index (χ3n) is 1.75. The van der Waals surface area contributed by atoms with Crippen molar-refractivity contribution in [3.63, 3.8) is 0 Å². The Kier molecular flexibility index (Phi) is 3.55. The molecule has 0 fully saturated rings. The molecular formula is C7H13N5O2. The van der Waals surface area contributed by atoms with Crippen LogP contribution in [0.2, 0.25) is 0 Å². The van der Waals surface area contributed by atoms with Crippen LogP contribution in [0.1, 0.15) is 5.82 Å². The number of aryl methyl sites for hydroxylation is 1. The lowest BCUT2D eigenvalue weighted by Crippen LogP contribution is -2.37. The van der Waals surface area contributed by atoms with Gasteiger partial charge in [-0.15, -0.1) is 10.2 Å². The molecule has 1 amide bonds. The van der Waals surface area contributed by atoms with Crippen molar-refractivity contribution < 1.29 is 9.90 Å². The van der Waals surface area contributed by atoms with Gasteiger partial charge in [-0.2, -0.15) is 0 Å². The zero-order valence-electron chi connectivity index (χ0n) is 7.84. The fraction of sp³-hybridized carbons (Fsp3) is 0.571. The van der Waals surface area contributed by atoms with E-state index in [1.807, 2.05) is 7.05 Å². The number of rotatable bonds is 5. The maximum absolute atomic E-state index is 10.5. The summed E-state index contributed by atoms with van der Waals surface area (Å²) < 4.78 is 1.74. The maximum Gasteiger partial charge on any atom is 0.247 e. The average Bonchev–Trinajstić information content (AvgIpc) is 2.51. The summed E-state index contributed by atoms with van der Waals surface area (Å²) in [6.45, 7) is 0.545. The van der Waals surface area contributed by atoms with E-state index >= 15 is 0 Å². The lowest BCUT2D eigenvalue weighted by molar-refractivity contribution is -0.125. The topological polar surface area (TPSA) is 106 Å². The van der Waals surface area contributed by atoms with Gasteiger partial charge in [0.2, 0.25) is 5.91 Å². The van der Waals surface area contributed by atoms with Crippen molar-refractivity contribution in [2.24, 2.45) is 12.8 Å². The van der Waals surface area contributed by atoms with Crippen molar-refractivity contribution in [3.8, 4) is 0 Å². The zero-order valence-corrected chi connectivity index (χ0v) is 7.84. The molecule has 1 unspecified atom stereocenters. The molecule has 0 aliphatic carbocycles. The van der Waals surface area contributed by atoms with E-state index < -0.39 is 12.0 Å². The van der Waals surface area contributed by atoms with Crippen molar-refractivity contribution in [1.82, 2.24) is 20.1 Å². The Morgan fingerprint density at radius 2 is 2.57 bits per heavy atom. The van der Waals surface area contributed by atoms with E-state index in [1.165, 1.54) is 0 Å². The molecule has 1 aromatic heterocycles. The Morgan fingerprint density at radius 3 is 3.07 bits per heavy atom. The number of hydrogen-bond acceptors (Lipinski definition) is 5. The summed E-state index contributed by atoms with van der Waals surface area (Å²) in [5.74, 6) is -0.0165. The highest BCUT2D eigenvalue weighted by atomic mass is 16.3. The van der Waals surface area contributed by atoms with Gasteiger partial charge in [0.1, 0.15) is 18.3 Å². The second-order valence-electron chi connectivity index (χ2n) is 2.91. The lowest BCUT2D eigenvalue weighted by atomic mass is 10.3. The minimum atomic E-state index is -1.16. The monoisotopic (exact) mass is 199 g/mol. The van der Waals surface area contributed by atoms with Gasteiger partial charge in [-0.3, -0.25) is 4.79 Å². The number of aliphatic hydroxyl groups is 1. The van der Waals surface area contributed by atoms with Crippen molar-refractivity contribution in [2.45, 2.75) is 12.6 Å². The normalized spacial score (nSPS) is 12.7. The highest BCUT2D eigenvalue weighted by Gasteiger charge is 2.10. The quantitative estimate of drug-likeness (QED) is 0.496. The third kappa shape index (κ3) is 2.79. The fourth-order valence-corrected chi connectivity index (χ4v) is 0.888. The molecule has 0 aromatic carbocycles. The van der Waals surface area contributed by atoms with Crippen LogP contribution in [0.25, 0.3) is 0 Å². The van der Waals surface area contributed by atoms with Crippen LogP contribution in [0.3, 0.4) is 0 Å². The number of nitrogens with zero attached hydrogens (tertiary/aromatic N) is 3. The predicted molar refractivity (Wildman–Crippen MR) is 47.9 cm³/mol. The van der Waals surface area contributed by atoms with Gasteiger partial charge in [0.15, 0.2) is 0 Å². The zero-order chi connectivity index (χ0) is 10.6. The van der Waals surface area contributed by atoms with E-state index in [1.54, 1.807) is 10.9 Å². The number of aromatic nitrogens is 3. The average molecular weight is 199 g/mol. The minimum absolute atomic E-state index is 0.113. The van der Waals surface area contributed by atoms with Gasteiger partial charge in [-0.05, 0) is 0 Å². The molecule has 0 radical (unpaired) electrons. The maximum atomic E-state index is 10.5. The van der Waals surface area contributed by atoms with Crippen LogP contribution in [0, 0.1) is 0 Å². The summed E-state index contributed by atoms with van der Waals surface area (Å²) in [4.78, 5) is 10.5. The van der Waals surface area contributed by atoms with E-state index in [0.717, 1.165) is 5.82 Å². The number of nitrogens with two attached hydrogens (primary N) is 1. The van der Waals surface area contributed by atoms with Crippen molar-refractivity contribution in [2.75, 3.05) is 6.54 Å². The number of amides is 1. The van der Waals surface area contributed by atoms with Crippen molar-refractivity contribution in [1.29, 1.82) is 0 Å². The van der Waals surface area contributed by atoms with Gasteiger partial charge in [-0.25, -0.2) is 0 Å². The predicted octanol–water partition coefficient (Wildman–Crippen LogP) is -2.25. The molecule has 1 atom stereocenters. The first-order valence-corrected chi connectivity index (χ1v) is 4.12. The Balaban J connectivity index is 2.29. The fourth-order valence-electron chi connectivity index (χ4n) is 0.888. The second-order valence-corrected chi connectivity index (χ2v) is 2.91. The molecular weight excluding hydrogens is 186 g/mol. The van der Waals surface area contributed by atoms with Gasteiger partial charge in [0, 0.05) is 13.6 Å². The number of carbonyl (C=O) groups excluding carboxylic acids is 1. The molecule has 4 N–H and O–H groups in total. The van der Waals surface area contributed by atoms with Gasteiger partial charge in [-0.1, -0.05) is 0 Å². The molecule has 1 rings (SSSR count). The molecule has 7 heteroatoms. The lowest BCUT2D eigenvalue weighted by Gasteiger charge is -2.07. The molecule has 1 heterocycles. The first kappa shape index (κ1) is 10.6. The largest absolute Gasteiger partial charge is 0.382 e. The Labute approximate surface area is 80.9 Å². The Hall–Kier alpha value is -1.47. The molecule has 7 nitrogen and oxygen atoms in total. The molecule has 1 aromatic rings. The van der Waals surface area contributed by atoms with Crippen molar-refractivity contribution in [3.05, 3.63) is 12.2 Å². The van der Waals surface area contributed by atoms with Crippen LogP contribution >= 0.6 is 0 Å². The van der Waals surface area contributed by atoms with Gasteiger partial charge < -0.3 is 20.7 Å². The molecule has 0 saturated heterocycles. The number of nitrogens with one attached hydrogen (secondary N) is 1. The summed E-state index contributed by atoms with van der Waals surface area (Å²) in [7, 11) is 1.81. The van der Waals surface area contributed by atoms with Crippen LogP contribution in [-0.4, -0.2) is 38.4 Å². The van der Waals surface area contributed by atoms with Gasteiger partial charge in [0.25, 0.3) is 0 Å². The molecule has 0 aliphatic heterocycles. The summed E-state index contributed by atoms with van der Waals surface area (Å²) in [6, 6.07) is 0. The first-order chi connectivity index (χ1) is 6.61. The highest BCUT2D eigenvalue weighted by molar-refractivity contribution is 5.78. The Bertz CT molecular complexity index is 311. The van der Waals surface area contributed by atoms with Gasteiger partial charge >= 0.3 is 0 Å². The van der Waals surface area contributed by atoms with E-state index in [0.29, 0.717) is 6.54 Å².